The third-order valence-corrected chi connectivity index (χ3v) is 6.41. The van der Waals surface area contributed by atoms with E-state index in [9.17, 15) is 9.59 Å². The van der Waals surface area contributed by atoms with Crippen LogP contribution in [-0.4, -0.2) is 44.0 Å². The summed E-state index contributed by atoms with van der Waals surface area (Å²) in [6.45, 7) is 3.78. The van der Waals surface area contributed by atoms with Crippen LogP contribution in [0.25, 0.3) is 5.57 Å². The minimum atomic E-state index is -0.304. The van der Waals surface area contributed by atoms with Crippen LogP contribution in [0.2, 0.25) is 0 Å². The lowest BCUT2D eigenvalue weighted by molar-refractivity contribution is -0.120. The normalized spacial score (nSPS) is 18.0. The van der Waals surface area contributed by atoms with Crippen molar-refractivity contribution in [1.82, 2.24) is 4.90 Å². The summed E-state index contributed by atoms with van der Waals surface area (Å²) in [4.78, 5) is 31.1. The molecule has 0 saturated carbocycles. The Balaban J connectivity index is 1.79. The lowest BCUT2D eigenvalue weighted by Gasteiger charge is -2.32. The Kier molecular flexibility index (Phi) is 5.32. The number of thiophene rings is 1. The molecule has 2 aliphatic rings. The fourth-order valence-electron chi connectivity index (χ4n) is 3.84. The molecule has 6 nitrogen and oxygen atoms in total. The van der Waals surface area contributed by atoms with Crippen LogP contribution in [0.3, 0.4) is 0 Å². The standard InChI is InChI=1S/C22H24N2O4S/c1-14-6-8-23(9-7-14)20-19(18-5-4-10-29-18)21(25)24(22(20)26)15-11-16(27-2)13-17(12-15)28-3/h4-5,10-14H,6-9H2,1-3H3. The SMILES string of the molecule is COc1cc(OC)cc(N2C(=O)C(c3cccs3)=C(N3CCC(C)CC3)C2=O)c1. The predicted molar refractivity (Wildman–Crippen MR) is 113 cm³/mol. The average Bonchev–Trinajstić information content (AvgIpc) is 3.34. The number of benzene rings is 1. The van der Waals surface area contributed by atoms with Crippen LogP contribution in [0, 0.1) is 5.92 Å². The van der Waals surface area contributed by atoms with E-state index in [1.54, 1.807) is 32.4 Å². The number of nitrogens with zero attached hydrogens (tertiary/aromatic N) is 2. The lowest BCUT2D eigenvalue weighted by atomic mass is 9.98. The molecule has 7 heteroatoms. The largest absolute Gasteiger partial charge is 0.497 e. The predicted octanol–water partition coefficient (Wildman–Crippen LogP) is 3.78. The zero-order valence-corrected chi connectivity index (χ0v) is 17.6. The molecule has 2 amide bonds. The number of carbonyl (C=O) groups is 2. The first-order valence-electron chi connectivity index (χ1n) is 9.68. The van der Waals surface area contributed by atoms with Gasteiger partial charge in [-0.1, -0.05) is 13.0 Å². The van der Waals surface area contributed by atoms with Crippen LogP contribution in [0.15, 0.2) is 41.4 Å². The summed E-state index contributed by atoms with van der Waals surface area (Å²) in [6, 6.07) is 8.89. The van der Waals surface area contributed by atoms with E-state index in [0.717, 1.165) is 30.8 Å². The molecule has 0 N–H and O–H groups in total. The van der Waals surface area contributed by atoms with Gasteiger partial charge in [0.15, 0.2) is 0 Å². The summed E-state index contributed by atoms with van der Waals surface area (Å²) in [6.07, 6.45) is 2.02. The molecule has 1 aromatic carbocycles. The molecule has 2 aromatic rings. The Morgan fingerprint density at radius 1 is 1.00 bits per heavy atom. The summed E-state index contributed by atoms with van der Waals surface area (Å²) in [5.41, 5.74) is 1.44. The Hall–Kier alpha value is -2.80. The van der Waals surface area contributed by atoms with Crippen molar-refractivity contribution in [2.75, 3.05) is 32.2 Å². The maximum Gasteiger partial charge on any atom is 0.282 e. The highest BCUT2D eigenvalue weighted by molar-refractivity contribution is 7.11. The zero-order chi connectivity index (χ0) is 20.5. The number of imide groups is 1. The highest BCUT2D eigenvalue weighted by atomic mass is 32.1. The van der Waals surface area contributed by atoms with E-state index in [-0.39, 0.29) is 11.8 Å². The molecule has 0 spiro atoms. The van der Waals surface area contributed by atoms with Crippen molar-refractivity contribution in [3.05, 3.63) is 46.3 Å². The van der Waals surface area contributed by atoms with Gasteiger partial charge in [0.25, 0.3) is 11.8 Å². The van der Waals surface area contributed by atoms with Crippen molar-refractivity contribution in [2.24, 2.45) is 5.92 Å². The smallest absolute Gasteiger partial charge is 0.282 e. The van der Waals surface area contributed by atoms with E-state index < -0.39 is 0 Å². The number of likely N-dealkylation sites (tertiary alicyclic amines) is 1. The van der Waals surface area contributed by atoms with Crippen molar-refractivity contribution in [3.63, 3.8) is 0 Å². The molecule has 0 atom stereocenters. The van der Waals surface area contributed by atoms with E-state index in [0.29, 0.717) is 34.4 Å². The molecule has 1 fully saturated rings. The maximum atomic E-state index is 13.5. The first-order chi connectivity index (χ1) is 14.0. The summed E-state index contributed by atoms with van der Waals surface area (Å²) < 4.78 is 10.7. The Bertz CT molecular complexity index is 937. The molecule has 2 aliphatic heterocycles. The molecule has 4 rings (SSSR count). The third-order valence-electron chi connectivity index (χ3n) is 5.52. The van der Waals surface area contributed by atoms with Gasteiger partial charge in [0.1, 0.15) is 17.2 Å². The Morgan fingerprint density at radius 3 is 2.21 bits per heavy atom. The van der Waals surface area contributed by atoms with E-state index in [1.165, 1.54) is 16.2 Å². The molecule has 0 bridgehead atoms. The van der Waals surface area contributed by atoms with Gasteiger partial charge in [-0.15, -0.1) is 11.3 Å². The lowest BCUT2D eigenvalue weighted by Crippen LogP contribution is -2.38. The highest BCUT2D eigenvalue weighted by Gasteiger charge is 2.43. The van der Waals surface area contributed by atoms with Crippen molar-refractivity contribution in [2.45, 2.75) is 19.8 Å². The van der Waals surface area contributed by atoms with E-state index in [1.807, 2.05) is 17.5 Å². The molecule has 0 unspecified atom stereocenters. The second-order valence-electron chi connectivity index (χ2n) is 7.39. The summed E-state index contributed by atoms with van der Waals surface area (Å²) >= 11 is 1.47. The number of carbonyl (C=O) groups excluding carboxylic acids is 2. The van der Waals surface area contributed by atoms with Crippen LogP contribution in [0.4, 0.5) is 5.69 Å². The minimum Gasteiger partial charge on any atom is -0.497 e. The van der Waals surface area contributed by atoms with Gasteiger partial charge < -0.3 is 14.4 Å². The van der Waals surface area contributed by atoms with Crippen molar-refractivity contribution < 1.29 is 19.1 Å². The van der Waals surface area contributed by atoms with Gasteiger partial charge in [0.2, 0.25) is 0 Å². The highest BCUT2D eigenvalue weighted by Crippen LogP contribution is 2.39. The van der Waals surface area contributed by atoms with Crippen molar-refractivity contribution in [3.8, 4) is 11.5 Å². The van der Waals surface area contributed by atoms with Crippen molar-refractivity contribution >= 4 is 34.4 Å². The summed E-state index contributed by atoms with van der Waals surface area (Å²) in [5, 5.41) is 1.92. The molecular weight excluding hydrogens is 388 g/mol. The van der Waals surface area contributed by atoms with Crippen LogP contribution in [0.5, 0.6) is 11.5 Å². The number of ether oxygens (including phenoxy) is 2. The van der Waals surface area contributed by atoms with Gasteiger partial charge in [-0.25, -0.2) is 4.90 Å². The number of rotatable bonds is 5. The molecule has 29 heavy (non-hydrogen) atoms. The quantitative estimate of drug-likeness (QED) is 0.700. The van der Waals surface area contributed by atoms with Crippen molar-refractivity contribution in [1.29, 1.82) is 0 Å². The topological polar surface area (TPSA) is 59.1 Å². The zero-order valence-electron chi connectivity index (χ0n) is 16.8. The van der Waals surface area contributed by atoms with E-state index >= 15 is 0 Å². The molecule has 0 radical (unpaired) electrons. The molecule has 3 heterocycles. The van der Waals surface area contributed by atoms with Crippen LogP contribution >= 0.6 is 11.3 Å². The number of hydrogen-bond donors (Lipinski definition) is 0. The van der Waals surface area contributed by atoms with Crippen LogP contribution in [0.1, 0.15) is 24.6 Å². The Labute approximate surface area is 174 Å². The third kappa shape index (κ3) is 3.51. The maximum absolute atomic E-state index is 13.5. The molecule has 1 aromatic heterocycles. The van der Waals surface area contributed by atoms with Gasteiger partial charge in [0, 0.05) is 36.2 Å². The number of hydrogen-bond acceptors (Lipinski definition) is 6. The second-order valence-corrected chi connectivity index (χ2v) is 8.33. The monoisotopic (exact) mass is 412 g/mol. The molecule has 0 aliphatic carbocycles. The number of methoxy groups -OCH3 is 2. The minimum absolute atomic E-state index is 0.289. The van der Waals surface area contributed by atoms with Gasteiger partial charge >= 0.3 is 0 Å². The van der Waals surface area contributed by atoms with Gasteiger partial charge in [-0.2, -0.15) is 0 Å². The molecule has 152 valence electrons. The van der Waals surface area contributed by atoms with E-state index in [4.69, 9.17) is 9.47 Å². The summed E-state index contributed by atoms with van der Waals surface area (Å²) in [7, 11) is 3.09. The number of piperidine rings is 1. The number of amides is 2. The number of anilines is 1. The Morgan fingerprint density at radius 2 is 1.66 bits per heavy atom. The second kappa shape index (κ2) is 7.91. The fourth-order valence-corrected chi connectivity index (χ4v) is 4.61. The first-order valence-corrected chi connectivity index (χ1v) is 10.6. The van der Waals surface area contributed by atoms with E-state index in [2.05, 4.69) is 11.8 Å². The fraction of sp³-hybridized carbons (Fsp3) is 0.364. The van der Waals surface area contributed by atoms with Gasteiger partial charge in [-0.05, 0) is 30.2 Å². The molecular formula is C22H24N2O4S. The first kappa shape index (κ1) is 19.5. The van der Waals surface area contributed by atoms with Gasteiger partial charge in [0.05, 0.1) is 25.5 Å². The average molecular weight is 413 g/mol. The summed E-state index contributed by atoms with van der Waals surface area (Å²) in [5.74, 6) is 1.09. The van der Waals surface area contributed by atoms with Crippen LogP contribution in [-0.2, 0) is 9.59 Å². The van der Waals surface area contributed by atoms with Gasteiger partial charge in [-0.3, -0.25) is 9.59 Å². The van der Waals surface area contributed by atoms with Crippen LogP contribution < -0.4 is 14.4 Å². The molecule has 1 saturated heterocycles.